The van der Waals surface area contributed by atoms with Crippen LogP contribution in [-0.4, -0.2) is 19.5 Å². The van der Waals surface area contributed by atoms with Gasteiger partial charge >= 0.3 is 0 Å². The van der Waals surface area contributed by atoms with E-state index in [4.69, 9.17) is 19.4 Å². The zero-order valence-electron chi connectivity index (χ0n) is 27.1. The smallest absolute Gasteiger partial charge is 0.238 e. The fourth-order valence-electron chi connectivity index (χ4n) is 7.51. The van der Waals surface area contributed by atoms with Crippen molar-refractivity contribution in [2.24, 2.45) is 0 Å². The normalized spacial score (nSPS) is 11.9. The highest BCUT2D eigenvalue weighted by Gasteiger charge is 2.19. The van der Waals surface area contributed by atoms with E-state index >= 15 is 0 Å². The van der Waals surface area contributed by atoms with Gasteiger partial charge in [0, 0.05) is 58.4 Å². The fraction of sp³-hybridized carbons (Fsp3) is 0. The Labute approximate surface area is 295 Å². The van der Waals surface area contributed by atoms with Gasteiger partial charge in [-0.3, -0.25) is 4.57 Å². The molecule has 6 heteroatoms. The van der Waals surface area contributed by atoms with Crippen LogP contribution in [0.25, 0.3) is 104 Å². The molecule has 0 saturated heterocycles. The minimum atomic E-state index is 0.569. The molecule has 4 heterocycles. The average Bonchev–Trinajstić information content (AvgIpc) is 3.87. The summed E-state index contributed by atoms with van der Waals surface area (Å²) in [6, 6.07) is 54.9. The number of hydrogen-bond acceptors (Lipinski definition) is 5. The van der Waals surface area contributed by atoms with Crippen molar-refractivity contribution in [3.8, 4) is 39.9 Å². The van der Waals surface area contributed by atoms with Crippen molar-refractivity contribution in [1.82, 2.24) is 19.5 Å². The Balaban J connectivity index is 1.09. The Hall–Kier alpha value is -6.63. The summed E-state index contributed by atoms with van der Waals surface area (Å²) < 4.78 is 11.4. The van der Waals surface area contributed by atoms with Crippen molar-refractivity contribution in [1.29, 1.82) is 0 Å². The highest BCUT2D eigenvalue weighted by molar-refractivity contribution is 7.25. The molecule has 11 rings (SSSR count). The number of furan rings is 1. The number of thiophene rings is 1. The van der Waals surface area contributed by atoms with Crippen molar-refractivity contribution >= 4 is 75.3 Å². The molecule has 0 amide bonds. The van der Waals surface area contributed by atoms with E-state index in [1.807, 2.05) is 41.7 Å². The van der Waals surface area contributed by atoms with Crippen LogP contribution in [-0.2, 0) is 0 Å². The van der Waals surface area contributed by atoms with Gasteiger partial charge < -0.3 is 4.42 Å². The maximum atomic E-state index is 6.73. The third-order valence-corrected chi connectivity index (χ3v) is 11.0. The molecule has 0 aliphatic heterocycles. The van der Waals surface area contributed by atoms with Crippen molar-refractivity contribution in [3.63, 3.8) is 0 Å². The molecule has 0 aliphatic rings. The quantitative estimate of drug-likeness (QED) is 0.187. The second kappa shape index (κ2) is 10.9. The predicted octanol–water partition coefficient (Wildman–Crippen LogP) is 12.2. The van der Waals surface area contributed by atoms with Gasteiger partial charge in [-0.05, 0) is 42.0 Å². The lowest BCUT2D eigenvalue weighted by Crippen LogP contribution is -2.06. The van der Waals surface area contributed by atoms with E-state index in [0.717, 1.165) is 66.0 Å². The van der Waals surface area contributed by atoms with Crippen LogP contribution in [0.5, 0.6) is 0 Å². The molecule has 51 heavy (non-hydrogen) atoms. The van der Waals surface area contributed by atoms with Crippen LogP contribution in [0.1, 0.15) is 0 Å². The van der Waals surface area contributed by atoms with Gasteiger partial charge in [-0.25, -0.2) is 4.98 Å². The minimum Gasteiger partial charge on any atom is -0.455 e. The molecule has 7 aromatic carbocycles. The highest BCUT2D eigenvalue weighted by Crippen LogP contribution is 2.41. The van der Waals surface area contributed by atoms with Crippen LogP contribution in [0.4, 0.5) is 0 Å². The van der Waals surface area contributed by atoms with Gasteiger partial charge in [0.15, 0.2) is 11.6 Å². The third kappa shape index (κ3) is 4.37. The monoisotopic (exact) mass is 670 g/mol. The van der Waals surface area contributed by atoms with E-state index in [2.05, 4.69) is 132 Å². The number of rotatable bonds is 4. The lowest BCUT2D eigenvalue weighted by Gasteiger charge is -2.10. The van der Waals surface area contributed by atoms with Gasteiger partial charge in [0.25, 0.3) is 0 Å². The van der Waals surface area contributed by atoms with E-state index < -0.39 is 0 Å². The molecule has 0 unspecified atom stereocenters. The highest BCUT2D eigenvalue weighted by atomic mass is 32.1. The number of fused-ring (bicyclic) bond motifs is 9. The molecule has 238 valence electrons. The molecular weight excluding hydrogens is 645 g/mol. The molecule has 11 aromatic rings. The number of nitrogens with zero attached hydrogens (tertiary/aromatic N) is 4. The second-order valence-electron chi connectivity index (χ2n) is 12.8. The van der Waals surface area contributed by atoms with Gasteiger partial charge in [-0.15, -0.1) is 11.3 Å². The molecule has 0 atom stereocenters. The molecule has 0 fully saturated rings. The fourth-order valence-corrected chi connectivity index (χ4v) is 8.65. The average molecular weight is 671 g/mol. The Morgan fingerprint density at radius 2 is 1.06 bits per heavy atom. The van der Waals surface area contributed by atoms with Crippen LogP contribution in [0.2, 0.25) is 0 Å². The molecule has 0 aliphatic carbocycles. The SMILES string of the molecule is c1ccc(-c2nc(-c3ccc4c(c3)oc3c(-c5ccc6c(c5)sc5ccccc56)cccc34)nc(-n3c4ccccc4c4ccccc43)n2)cc1. The minimum absolute atomic E-state index is 0.569. The third-order valence-electron chi connectivity index (χ3n) is 9.88. The largest absolute Gasteiger partial charge is 0.455 e. The summed E-state index contributed by atoms with van der Waals surface area (Å²) in [5.41, 5.74) is 7.75. The summed E-state index contributed by atoms with van der Waals surface area (Å²) in [4.78, 5) is 15.3. The summed E-state index contributed by atoms with van der Waals surface area (Å²) in [7, 11) is 0. The summed E-state index contributed by atoms with van der Waals surface area (Å²) in [5.74, 6) is 1.76. The van der Waals surface area contributed by atoms with Gasteiger partial charge in [0.2, 0.25) is 5.95 Å². The van der Waals surface area contributed by atoms with Crippen LogP contribution in [0, 0.1) is 0 Å². The number of hydrogen-bond donors (Lipinski definition) is 0. The standard InChI is InChI=1S/C45H26N4OS/c1-2-11-27(12-3-1)43-46-44(48-45(47-43)49-37-18-7-4-13-31(37)32-14-5-8-19-38(32)49)29-22-23-33-36-17-10-16-30(42(36)50-39(33)25-29)28-21-24-35-34-15-6-9-20-40(34)51-41(35)26-28/h1-26H. The van der Waals surface area contributed by atoms with Gasteiger partial charge in [-0.1, -0.05) is 121 Å². The Kier molecular flexibility index (Phi) is 6.05. The van der Waals surface area contributed by atoms with Gasteiger partial charge in [0.05, 0.1) is 11.0 Å². The Morgan fingerprint density at radius 3 is 1.86 bits per heavy atom. The van der Waals surface area contributed by atoms with E-state index in [1.54, 1.807) is 0 Å². The number of benzene rings is 7. The zero-order valence-corrected chi connectivity index (χ0v) is 27.9. The summed E-state index contributed by atoms with van der Waals surface area (Å²) in [6.07, 6.45) is 0. The van der Waals surface area contributed by atoms with Gasteiger partial charge in [0.1, 0.15) is 11.2 Å². The molecule has 0 spiro atoms. The maximum Gasteiger partial charge on any atom is 0.238 e. The maximum absolute atomic E-state index is 6.73. The summed E-state index contributed by atoms with van der Waals surface area (Å²) >= 11 is 1.83. The second-order valence-corrected chi connectivity index (χ2v) is 13.9. The van der Waals surface area contributed by atoms with Gasteiger partial charge in [-0.2, -0.15) is 9.97 Å². The summed E-state index contributed by atoms with van der Waals surface area (Å²) in [6.45, 7) is 0. The van der Waals surface area contributed by atoms with Crippen molar-refractivity contribution in [3.05, 3.63) is 158 Å². The molecule has 5 nitrogen and oxygen atoms in total. The molecule has 0 N–H and O–H groups in total. The van der Waals surface area contributed by atoms with Crippen LogP contribution >= 0.6 is 11.3 Å². The number of para-hydroxylation sites is 3. The van der Waals surface area contributed by atoms with Crippen LogP contribution in [0.3, 0.4) is 0 Å². The van der Waals surface area contributed by atoms with Crippen molar-refractivity contribution in [2.45, 2.75) is 0 Å². The molecule has 0 saturated carbocycles. The van der Waals surface area contributed by atoms with Crippen LogP contribution in [0.15, 0.2) is 162 Å². The van der Waals surface area contributed by atoms with E-state index in [0.29, 0.717) is 17.6 Å². The first kappa shape index (κ1) is 28.2. The zero-order chi connectivity index (χ0) is 33.5. The first-order valence-electron chi connectivity index (χ1n) is 16.9. The summed E-state index contributed by atoms with van der Waals surface area (Å²) in [5, 5.41) is 7.03. The van der Waals surface area contributed by atoms with E-state index in [1.165, 1.54) is 20.2 Å². The van der Waals surface area contributed by atoms with E-state index in [9.17, 15) is 0 Å². The predicted molar refractivity (Wildman–Crippen MR) is 211 cm³/mol. The molecular formula is C45H26N4OS. The topological polar surface area (TPSA) is 56.7 Å². The van der Waals surface area contributed by atoms with E-state index in [-0.39, 0.29) is 0 Å². The molecule has 4 aromatic heterocycles. The van der Waals surface area contributed by atoms with Crippen LogP contribution < -0.4 is 0 Å². The Morgan fingerprint density at radius 1 is 0.431 bits per heavy atom. The lowest BCUT2D eigenvalue weighted by atomic mass is 10.0. The first-order valence-corrected chi connectivity index (χ1v) is 17.8. The van der Waals surface area contributed by atoms with Crippen molar-refractivity contribution in [2.75, 3.05) is 0 Å². The Bertz CT molecular complexity index is 3100. The first-order chi connectivity index (χ1) is 25.3. The molecule has 0 bridgehead atoms. The molecule has 0 radical (unpaired) electrons. The lowest BCUT2D eigenvalue weighted by molar-refractivity contribution is 0.670. The number of aromatic nitrogens is 4. The van der Waals surface area contributed by atoms with Crippen molar-refractivity contribution < 1.29 is 4.42 Å².